The lowest BCUT2D eigenvalue weighted by Crippen LogP contribution is -2.55. The van der Waals surface area contributed by atoms with Crippen LogP contribution in [0.2, 0.25) is 0 Å². The van der Waals surface area contributed by atoms with Crippen LogP contribution in [0.3, 0.4) is 0 Å². The molecule has 2 fully saturated rings. The number of nitrogens with zero attached hydrogens (tertiary/aromatic N) is 4. The summed E-state index contributed by atoms with van der Waals surface area (Å²) in [7, 11) is 3.36. The Morgan fingerprint density at radius 1 is 1.07 bits per heavy atom. The Morgan fingerprint density at radius 2 is 1.85 bits per heavy atom. The van der Waals surface area contributed by atoms with Crippen molar-refractivity contribution < 1.29 is 23.8 Å². The van der Waals surface area contributed by atoms with Crippen LogP contribution in [0.4, 0.5) is 23.1 Å². The van der Waals surface area contributed by atoms with Gasteiger partial charge in [-0.1, -0.05) is 19.8 Å². The van der Waals surface area contributed by atoms with Gasteiger partial charge in [0.15, 0.2) is 5.82 Å². The summed E-state index contributed by atoms with van der Waals surface area (Å²) < 4.78 is 17.3. The van der Waals surface area contributed by atoms with Crippen LogP contribution < -0.4 is 30.5 Å². The first-order valence-electron chi connectivity index (χ1n) is 17.1. The lowest BCUT2D eigenvalue weighted by atomic mass is 10.0. The maximum absolute atomic E-state index is 13.2. The first-order valence-corrected chi connectivity index (χ1v) is 17.1. The molecule has 46 heavy (non-hydrogen) atoms. The number of aromatic nitrogens is 2. The number of hydrogen-bond acceptors (Lipinski definition) is 10. The third kappa shape index (κ3) is 8.45. The zero-order valence-corrected chi connectivity index (χ0v) is 27.7. The van der Waals surface area contributed by atoms with E-state index in [1.807, 2.05) is 0 Å². The maximum atomic E-state index is 13.2. The van der Waals surface area contributed by atoms with Crippen LogP contribution in [0.15, 0.2) is 24.4 Å². The number of hydrogen-bond donors (Lipinski definition) is 3. The average molecular weight is 638 g/mol. The van der Waals surface area contributed by atoms with Crippen molar-refractivity contribution in [2.45, 2.75) is 89.3 Å². The number of amides is 2. The third-order valence-electron chi connectivity index (χ3n) is 9.23. The van der Waals surface area contributed by atoms with Gasteiger partial charge in [0.1, 0.15) is 17.5 Å². The minimum absolute atomic E-state index is 0.0810. The van der Waals surface area contributed by atoms with E-state index >= 15 is 0 Å². The molecule has 252 valence electrons. The molecule has 0 spiro atoms. The third-order valence-corrected chi connectivity index (χ3v) is 9.23. The highest BCUT2D eigenvalue weighted by Crippen LogP contribution is 2.40. The number of nitrogens with one attached hydrogen (secondary N) is 3. The Balaban J connectivity index is 1.10. The summed E-state index contributed by atoms with van der Waals surface area (Å²) in [5.74, 6) is 1.57. The van der Waals surface area contributed by atoms with Crippen molar-refractivity contribution in [2.24, 2.45) is 0 Å². The Morgan fingerprint density at radius 3 is 2.61 bits per heavy atom. The van der Waals surface area contributed by atoms with E-state index < -0.39 is 0 Å². The number of likely N-dealkylation sites (N-methyl/N-ethyl adjacent to an activating group) is 1. The van der Waals surface area contributed by atoms with Crippen LogP contribution in [-0.2, 0) is 14.3 Å². The molecule has 3 N–H and O–H groups in total. The quantitative estimate of drug-likeness (QED) is 0.228. The molecule has 12 heteroatoms. The monoisotopic (exact) mass is 637 g/mol. The normalized spacial score (nSPS) is 18.9. The standard InChI is InChI=1S/C34H51N7O5/c1-4-28-33(43)40(2)29-23-37-34(39-31(29)41(28)25-10-6-7-11-25)38-27-13-12-24(22-30(27)44-3)32(42)36-18-21-45-19-8-5-9-20-46-26-14-16-35-17-15-26/h12-13,22-23,25-26,28,35H,4-11,14-21H2,1-3H3,(H,36,42)(H,37,38,39). The molecule has 12 nitrogen and oxygen atoms in total. The maximum Gasteiger partial charge on any atom is 0.251 e. The smallest absolute Gasteiger partial charge is 0.251 e. The van der Waals surface area contributed by atoms with Gasteiger partial charge in [-0.2, -0.15) is 4.98 Å². The molecule has 3 aliphatic rings. The molecule has 0 radical (unpaired) electrons. The van der Waals surface area contributed by atoms with Gasteiger partial charge >= 0.3 is 0 Å². The number of methoxy groups -OCH3 is 1. The van der Waals surface area contributed by atoms with Crippen LogP contribution in [0.5, 0.6) is 5.75 Å². The summed E-state index contributed by atoms with van der Waals surface area (Å²) in [5, 5.41) is 9.55. The first-order chi connectivity index (χ1) is 22.5. The van der Waals surface area contributed by atoms with Gasteiger partial charge in [0.2, 0.25) is 11.9 Å². The predicted octanol–water partition coefficient (Wildman–Crippen LogP) is 4.42. The number of anilines is 4. The number of piperidine rings is 1. The Bertz CT molecular complexity index is 1300. The zero-order valence-electron chi connectivity index (χ0n) is 27.7. The van der Waals surface area contributed by atoms with Crippen molar-refractivity contribution in [3.8, 4) is 5.75 Å². The van der Waals surface area contributed by atoms with Gasteiger partial charge in [-0.3, -0.25) is 9.59 Å². The van der Waals surface area contributed by atoms with E-state index in [4.69, 9.17) is 19.2 Å². The SMILES string of the molecule is CCC1C(=O)N(C)c2cnc(Nc3ccc(C(=O)NCCOCCCCCOC4CCNCC4)cc3OC)nc2N1C1CCCC1. The highest BCUT2D eigenvalue weighted by Gasteiger charge is 2.41. The predicted molar refractivity (Wildman–Crippen MR) is 179 cm³/mol. The van der Waals surface area contributed by atoms with E-state index in [-0.39, 0.29) is 23.9 Å². The molecule has 1 unspecified atom stereocenters. The Hall–Kier alpha value is -3.48. The molecule has 1 saturated heterocycles. The molecule has 2 aromatic rings. The van der Waals surface area contributed by atoms with Crippen molar-refractivity contribution in [2.75, 3.05) is 68.7 Å². The van der Waals surface area contributed by atoms with E-state index in [9.17, 15) is 9.59 Å². The lowest BCUT2D eigenvalue weighted by Gasteiger charge is -2.43. The van der Waals surface area contributed by atoms with Crippen molar-refractivity contribution >= 4 is 35.0 Å². The summed E-state index contributed by atoms with van der Waals surface area (Å²) in [5.41, 5.74) is 1.84. The van der Waals surface area contributed by atoms with Gasteiger partial charge in [0.05, 0.1) is 31.7 Å². The molecule has 0 bridgehead atoms. The minimum atomic E-state index is -0.241. The summed E-state index contributed by atoms with van der Waals surface area (Å²) >= 11 is 0. The highest BCUT2D eigenvalue weighted by atomic mass is 16.5. The number of fused-ring (bicyclic) bond motifs is 1. The number of ether oxygens (including phenoxy) is 3. The second-order valence-corrected chi connectivity index (χ2v) is 12.4. The molecule has 1 atom stereocenters. The molecule has 1 aliphatic carbocycles. The molecule has 2 amide bonds. The van der Waals surface area contributed by atoms with Crippen molar-refractivity contribution in [1.82, 2.24) is 20.6 Å². The van der Waals surface area contributed by atoms with E-state index in [0.717, 1.165) is 83.3 Å². The lowest BCUT2D eigenvalue weighted by molar-refractivity contribution is -0.120. The van der Waals surface area contributed by atoms with Gasteiger partial charge in [-0.15, -0.1) is 0 Å². The van der Waals surface area contributed by atoms with Crippen LogP contribution in [0, 0.1) is 0 Å². The van der Waals surface area contributed by atoms with Crippen molar-refractivity contribution in [3.63, 3.8) is 0 Å². The fraction of sp³-hybridized carbons (Fsp3) is 0.647. The average Bonchev–Trinajstić information content (AvgIpc) is 3.62. The van der Waals surface area contributed by atoms with Gasteiger partial charge in [-0.05, 0) is 82.7 Å². The molecule has 3 heterocycles. The van der Waals surface area contributed by atoms with Gasteiger partial charge in [0, 0.05) is 38.4 Å². The van der Waals surface area contributed by atoms with Crippen LogP contribution in [-0.4, -0.2) is 93.6 Å². The van der Waals surface area contributed by atoms with Crippen LogP contribution in [0.1, 0.15) is 81.5 Å². The van der Waals surface area contributed by atoms with Gasteiger partial charge in [0.25, 0.3) is 5.91 Å². The Kier molecular flexibility index (Phi) is 12.4. The van der Waals surface area contributed by atoms with Crippen LogP contribution in [0.25, 0.3) is 0 Å². The number of carbonyl (C=O) groups excluding carboxylic acids is 2. The van der Waals surface area contributed by atoms with Crippen molar-refractivity contribution in [3.05, 3.63) is 30.0 Å². The van der Waals surface area contributed by atoms with Crippen molar-refractivity contribution in [1.29, 1.82) is 0 Å². The topological polar surface area (TPSA) is 130 Å². The summed E-state index contributed by atoms with van der Waals surface area (Å²) in [4.78, 5) is 39.3. The minimum Gasteiger partial charge on any atom is -0.495 e. The molecule has 5 rings (SSSR count). The highest BCUT2D eigenvalue weighted by molar-refractivity contribution is 6.04. The summed E-state index contributed by atoms with van der Waals surface area (Å²) in [6.07, 6.45) is 12.6. The number of unbranched alkanes of at least 4 members (excludes halogenated alkanes) is 2. The van der Waals surface area contributed by atoms with E-state index in [0.29, 0.717) is 60.9 Å². The summed E-state index contributed by atoms with van der Waals surface area (Å²) in [6.45, 7) is 6.53. The van der Waals surface area contributed by atoms with Crippen LogP contribution >= 0.6 is 0 Å². The number of carbonyl (C=O) groups is 2. The molecular formula is C34H51N7O5. The molecule has 1 aromatic carbocycles. The zero-order chi connectivity index (χ0) is 32.3. The molecular weight excluding hydrogens is 586 g/mol. The number of rotatable bonds is 16. The number of benzene rings is 1. The fourth-order valence-corrected chi connectivity index (χ4v) is 6.64. The van der Waals surface area contributed by atoms with Gasteiger partial charge < -0.3 is 40.0 Å². The van der Waals surface area contributed by atoms with E-state index in [1.54, 1.807) is 43.5 Å². The Labute approximate surface area is 273 Å². The largest absolute Gasteiger partial charge is 0.495 e. The summed E-state index contributed by atoms with van der Waals surface area (Å²) in [6, 6.07) is 5.29. The first kappa shape index (κ1) is 33.9. The fourth-order valence-electron chi connectivity index (χ4n) is 6.64. The molecule has 1 aromatic heterocycles. The molecule has 2 aliphatic heterocycles. The second-order valence-electron chi connectivity index (χ2n) is 12.4. The van der Waals surface area contributed by atoms with E-state index in [1.165, 1.54) is 0 Å². The second kappa shape index (κ2) is 16.9. The van der Waals surface area contributed by atoms with E-state index in [2.05, 4.69) is 32.8 Å². The molecule has 1 saturated carbocycles. The van der Waals surface area contributed by atoms with Gasteiger partial charge in [-0.25, -0.2) is 4.98 Å².